The van der Waals surface area contributed by atoms with E-state index >= 15 is 0 Å². The molecule has 2 fully saturated rings. The normalized spacial score (nSPS) is 28.4. The highest BCUT2D eigenvalue weighted by molar-refractivity contribution is 7.90. The average molecular weight is 249 g/mol. The lowest BCUT2D eigenvalue weighted by atomic mass is 9.82. The predicted octanol–water partition coefficient (Wildman–Crippen LogP) is -0.706. The fourth-order valence-corrected chi connectivity index (χ4v) is 4.33. The number of carboxylic acid groups (broad SMARTS) is 1. The van der Waals surface area contributed by atoms with Crippen molar-refractivity contribution >= 4 is 16.0 Å². The van der Waals surface area contributed by atoms with Crippen molar-refractivity contribution in [3.05, 3.63) is 0 Å². The molecule has 0 aromatic rings. The minimum absolute atomic E-state index is 0.0278. The van der Waals surface area contributed by atoms with Crippen molar-refractivity contribution in [3.8, 4) is 0 Å². The summed E-state index contributed by atoms with van der Waals surface area (Å²) in [5.41, 5.74) is -0.0278. The number of rotatable bonds is 5. The van der Waals surface area contributed by atoms with E-state index in [0.29, 0.717) is 6.42 Å². The maximum Gasteiger partial charge on any atom is 0.333 e. The molecule has 2 atom stereocenters. The number of hydrogen-bond donors (Lipinski definition) is 3. The number of sulfonamides is 1. The second-order valence-electron chi connectivity index (χ2n) is 4.66. The van der Waals surface area contributed by atoms with Crippen LogP contribution in [0.3, 0.4) is 0 Å². The van der Waals surface area contributed by atoms with Gasteiger partial charge in [-0.2, -0.15) is 0 Å². The van der Waals surface area contributed by atoms with Crippen LogP contribution in [0.1, 0.15) is 25.7 Å². The molecule has 2 rings (SSSR count). The predicted molar refractivity (Wildman–Crippen MR) is 55.3 cm³/mol. The number of hydrogen-bond acceptors (Lipinski definition) is 4. The first-order chi connectivity index (χ1) is 7.37. The topological polar surface area (TPSA) is 104 Å². The van der Waals surface area contributed by atoms with Crippen LogP contribution in [0.5, 0.6) is 0 Å². The highest BCUT2D eigenvalue weighted by Crippen LogP contribution is 2.63. The molecule has 16 heavy (non-hydrogen) atoms. The van der Waals surface area contributed by atoms with Gasteiger partial charge >= 0.3 is 5.97 Å². The molecule has 0 saturated heterocycles. The van der Waals surface area contributed by atoms with Crippen molar-refractivity contribution in [2.45, 2.75) is 37.0 Å². The Labute approximate surface area is 93.7 Å². The van der Waals surface area contributed by atoms with Gasteiger partial charge in [-0.25, -0.2) is 17.9 Å². The van der Waals surface area contributed by atoms with E-state index < -0.39 is 28.6 Å². The van der Waals surface area contributed by atoms with E-state index in [1.54, 1.807) is 0 Å². The molecule has 6 nitrogen and oxygen atoms in total. The summed E-state index contributed by atoms with van der Waals surface area (Å²) in [6, 6.07) is 0. The van der Waals surface area contributed by atoms with E-state index in [9.17, 15) is 13.2 Å². The van der Waals surface area contributed by atoms with Gasteiger partial charge in [0.15, 0.2) is 6.10 Å². The van der Waals surface area contributed by atoms with Gasteiger partial charge in [-0.15, -0.1) is 0 Å². The fraction of sp³-hybridized carbons (Fsp3) is 0.889. The van der Waals surface area contributed by atoms with Crippen LogP contribution < -0.4 is 4.72 Å². The number of nitrogens with one attached hydrogen (secondary N) is 1. The van der Waals surface area contributed by atoms with E-state index in [1.165, 1.54) is 0 Å². The van der Waals surface area contributed by atoms with Crippen LogP contribution in [0, 0.1) is 5.41 Å². The van der Waals surface area contributed by atoms with Crippen molar-refractivity contribution in [2.24, 2.45) is 5.41 Å². The highest BCUT2D eigenvalue weighted by Gasteiger charge is 2.63. The van der Waals surface area contributed by atoms with Crippen molar-refractivity contribution in [1.82, 2.24) is 4.72 Å². The molecule has 0 aromatic heterocycles. The summed E-state index contributed by atoms with van der Waals surface area (Å²) < 4.78 is 25.6. The van der Waals surface area contributed by atoms with Gasteiger partial charge in [0.2, 0.25) is 10.0 Å². The van der Waals surface area contributed by atoms with Crippen LogP contribution in [0.2, 0.25) is 0 Å². The van der Waals surface area contributed by atoms with Gasteiger partial charge in [-0.05, 0) is 24.7 Å². The number of aliphatic carboxylic acids is 1. The van der Waals surface area contributed by atoms with Crippen LogP contribution >= 0.6 is 0 Å². The molecular weight excluding hydrogens is 234 g/mol. The number of aliphatic hydroxyl groups is 1. The van der Waals surface area contributed by atoms with Gasteiger partial charge in [0.1, 0.15) is 0 Å². The molecule has 0 radical (unpaired) electrons. The zero-order chi connectivity index (χ0) is 12.0. The summed E-state index contributed by atoms with van der Waals surface area (Å²) in [6.07, 6.45) is 1.96. The first kappa shape index (κ1) is 11.8. The summed E-state index contributed by atoms with van der Waals surface area (Å²) in [7, 11) is -3.46. The van der Waals surface area contributed by atoms with E-state index in [2.05, 4.69) is 4.72 Å². The third kappa shape index (κ3) is 1.94. The van der Waals surface area contributed by atoms with Crippen molar-refractivity contribution < 1.29 is 23.4 Å². The molecule has 92 valence electrons. The number of carbonyl (C=O) groups is 1. The van der Waals surface area contributed by atoms with Gasteiger partial charge in [0.05, 0.1) is 5.25 Å². The highest BCUT2D eigenvalue weighted by atomic mass is 32.2. The quantitative estimate of drug-likeness (QED) is 0.597. The zero-order valence-electron chi connectivity index (χ0n) is 8.72. The van der Waals surface area contributed by atoms with Gasteiger partial charge in [0, 0.05) is 6.54 Å². The molecule has 2 aliphatic rings. The zero-order valence-corrected chi connectivity index (χ0v) is 9.53. The molecule has 2 unspecified atom stereocenters. The fourth-order valence-electron chi connectivity index (χ4n) is 2.29. The monoisotopic (exact) mass is 249 g/mol. The van der Waals surface area contributed by atoms with Crippen molar-refractivity contribution in [1.29, 1.82) is 0 Å². The SMILES string of the molecule is O=C(O)C(O)CNS(=O)(=O)C1CC12CCC2. The molecule has 1 spiro atoms. The molecule has 0 bridgehead atoms. The molecule has 7 heteroatoms. The molecule has 3 N–H and O–H groups in total. The lowest BCUT2D eigenvalue weighted by Gasteiger charge is -2.26. The van der Waals surface area contributed by atoms with Crippen LogP contribution in [-0.2, 0) is 14.8 Å². The van der Waals surface area contributed by atoms with Crippen molar-refractivity contribution in [2.75, 3.05) is 6.54 Å². The third-order valence-corrected chi connectivity index (χ3v) is 5.59. The van der Waals surface area contributed by atoms with Gasteiger partial charge < -0.3 is 10.2 Å². The second kappa shape index (κ2) is 3.68. The van der Waals surface area contributed by atoms with Crippen molar-refractivity contribution in [3.63, 3.8) is 0 Å². The Hall–Kier alpha value is -0.660. The minimum Gasteiger partial charge on any atom is -0.479 e. The Morgan fingerprint density at radius 1 is 1.50 bits per heavy atom. The Balaban J connectivity index is 1.87. The smallest absolute Gasteiger partial charge is 0.333 e. The summed E-state index contributed by atoms with van der Waals surface area (Å²) in [6.45, 7) is -0.454. The van der Waals surface area contributed by atoms with E-state index in [4.69, 9.17) is 10.2 Å². The molecule has 0 aliphatic heterocycles. The summed E-state index contributed by atoms with van der Waals surface area (Å²) in [5, 5.41) is 17.0. The molecular formula is C9H15NO5S. The van der Waals surface area contributed by atoms with Gasteiger partial charge in [0.25, 0.3) is 0 Å². The lowest BCUT2D eigenvalue weighted by molar-refractivity contribution is -0.146. The van der Waals surface area contributed by atoms with E-state index in [1.807, 2.05) is 0 Å². The average Bonchev–Trinajstić information content (AvgIpc) is 2.89. The van der Waals surface area contributed by atoms with Crippen LogP contribution in [0.4, 0.5) is 0 Å². The number of carboxylic acids is 1. The third-order valence-electron chi connectivity index (χ3n) is 3.60. The Kier molecular flexibility index (Phi) is 2.72. The minimum atomic E-state index is -3.46. The van der Waals surface area contributed by atoms with E-state index in [-0.39, 0.29) is 10.7 Å². The van der Waals surface area contributed by atoms with Crippen LogP contribution in [0.25, 0.3) is 0 Å². The second-order valence-corrected chi connectivity index (χ2v) is 6.60. The van der Waals surface area contributed by atoms with Crippen LogP contribution in [0.15, 0.2) is 0 Å². The first-order valence-electron chi connectivity index (χ1n) is 5.27. The lowest BCUT2D eigenvalue weighted by Crippen LogP contribution is -2.39. The van der Waals surface area contributed by atoms with Crippen LogP contribution in [-0.4, -0.2) is 42.5 Å². The first-order valence-corrected chi connectivity index (χ1v) is 6.81. The Bertz CT molecular complexity index is 400. The summed E-state index contributed by atoms with van der Waals surface area (Å²) >= 11 is 0. The number of aliphatic hydroxyl groups excluding tert-OH is 1. The standard InChI is InChI=1S/C9H15NO5S/c11-6(8(12)13)5-10-16(14,15)7-4-9(7)2-1-3-9/h6-7,10-11H,1-5H2,(H,12,13). The Morgan fingerprint density at radius 2 is 2.12 bits per heavy atom. The maximum atomic E-state index is 11.7. The summed E-state index contributed by atoms with van der Waals surface area (Å²) in [4.78, 5) is 10.3. The largest absolute Gasteiger partial charge is 0.479 e. The molecule has 0 aromatic carbocycles. The Morgan fingerprint density at radius 3 is 2.50 bits per heavy atom. The maximum absolute atomic E-state index is 11.7. The molecule has 2 saturated carbocycles. The molecule has 2 aliphatic carbocycles. The van der Waals surface area contributed by atoms with Gasteiger partial charge in [-0.3, -0.25) is 0 Å². The summed E-state index contributed by atoms with van der Waals surface area (Å²) in [5.74, 6) is -1.42. The van der Waals surface area contributed by atoms with Gasteiger partial charge in [-0.1, -0.05) is 6.42 Å². The molecule has 0 heterocycles. The molecule has 0 amide bonds. The van der Waals surface area contributed by atoms with E-state index in [0.717, 1.165) is 19.3 Å².